The highest BCUT2D eigenvalue weighted by molar-refractivity contribution is 7.92. The van der Waals surface area contributed by atoms with Gasteiger partial charge in [-0.15, -0.1) is 12.4 Å². The SMILES string of the molecule is CS(=N)(=O)C1CCOC1.Cl. The zero-order chi connectivity index (χ0) is 6.91. The van der Waals surface area contributed by atoms with Crippen molar-refractivity contribution in [3.05, 3.63) is 0 Å². The molecule has 0 spiro atoms. The Morgan fingerprint density at radius 3 is 2.50 bits per heavy atom. The third-order valence-corrected chi connectivity index (χ3v) is 3.17. The summed E-state index contributed by atoms with van der Waals surface area (Å²) in [5.74, 6) is 0. The summed E-state index contributed by atoms with van der Waals surface area (Å²) in [5, 5.41) is -0.0162. The lowest BCUT2D eigenvalue weighted by molar-refractivity contribution is 0.198. The van der Waals surface area contributed by atoms with E-state index in [0.717, 1.165) is 6.42 Å². The Balaban J connectivity index is 0.000000810. The highest BCUT2D eigenvalue weighted by Crippen LogP contribution is 2.12. The van der Waals surface area contributed by atoms with Gasteiger partial charge in [0.2, 0.25) is 0 Å². The lowest BCUT2D eigenvalue weighted by atomic mass is 10.4. The van der Waals surface area contributed by atoms with E-state index in [2.05, 4.69) is 0 Å². The fourth-order valence-electron chi connectivity index (χ4n) is 0.868. The Bertz CT molecular complexity index is 184. The van der Waals surface area contributed by atoms with Gasteiger partial charge in [-0.3, -0.25) is 4.78 Å². The van der Waals surface area contributed by atoms with E-state index in [1.54, 1.807) is 0 Å². The van der Waals surface area contributed by atoms with E-state index in [-0.39, 0.29) is 17.7 Å². The summed E-state index contributed by atoms with van der Waals surface area (Å²) in [6, 6.07) is 0. The van der Waals surface area contributed by atoms with Gasteiger partial charge in [0.05, 0.1) is 11.9 Å². The standard InChI is InChI=1S/C5H11NO2S.ClH/c1-9(6,7)5-2-3-8-4-5;/h5-6H,2-4H2,1H3;1H. The number of nitrogens with one attached hydrogen (secondary N) is 1. The van der Waals surface area contributed by atoms with Crippen LogP contribution >= 0.6 is 12.4 Å². The van der Waals surface area contributed by atoms with Gasteiger partial charge in [0.15, 0.2) is 0 Å². The Hall–Kier alpha value is 0.200. The molecule has 0 aliphatic carbocycles. The van der Waals surface area contributed by atoms with Gasteiger partial charge in [0.25, 0.3) is 0 Å². The van der Waals surface area contributed by atoms with Crippen molar-refractivity contribution in [2.45, 2.75) is 11.7 Å². The van der Waals surface area contributed by atoms with Gasteiger partial charge < -0.3 is 4.74 Å². The first-order chi connectivity index (χ1) is 4.11. The quantitative estimate of drug-likeness (QED) is 0.659. The Kier molecular flexibility index (Phi) is 3.62. The Morgan fingerprint density at radius 2 is 2.30 bits per heavy atom. The maximum absolute atomic E-state index is 11.0. The topological polar surface area (TPSA) is 50.2 Å². The largest absolute Gasteiger partial charge is 0.380 e. The molecule has 0 saturated carbocycles. The van der Waals surface area contributed by atoms with Gasteiger partial charge in [-0.25, -0.2) is 4.21 Å². The van der Waals surface area contributed by atoms with Gasteiger partial charge in [-0.2, -0.15) is 0 Å². The van der Waals surface area contributed by atoms with Crippen LogP contribution in [0.25, 0.3) is 0 Å². The minimum atomic E-state index is -2.33. The third-order valence-electron chi connectivity index (χ3n) is 1.52. The van der Waals surface area contributed by atoms with E-state index in [1.165, 1.54) is 6.26 Å². The number of hydrogen-bond acceptors (Lipinski definition) is 3. The van der Waals surface area contributed by atoms with Crippen LogP contribution in [0.15, 0.2) is 0 Å². The molecule has 62 valence electrons. The zero-order valence-corrected chi connectivity index (χ0v) is 7.46. The van der Waals surface area contributed by atoms with E-state index in [1.807, 2.05) is 0 Å². The molecule has 1 rings (SSSR count). The van der Waals surface area contributed by atoms with Gasteiger partial charge in [0.1, 0.15) is 0 Å². The van der Waals surface area contributed by atoms with Crippen molar-refractivity contribution in [2.75, 3.05) is 19.5 Å². The Labute approximate surface area is 67.5 Å². The molecule has 1 aliphatic heterocycles. The van der Waals surface area contributed by atoms with Crippen LogP contribution in [0.3, 0.4) is 0 Å². The summed E-state index contributed by atoms with van der Waals surface area (Å²) in [5.41, 5.74) is 0. The van der Waals surface area contributed by atoms with Gasteiger partial charge in [-0.05, 0) is 6.42 Å². The first-order valence-electron chi connectivity index (χ1n) is 2.91. The van der Waals surface area contributed by atoms with Crippen molar-refractivity contribution in [2.24, 2.45) is 0 Å². The minimum absolute atomic E-state index is 0. The van der Waals surface area contributed by atoms with E-state index in [4.69, 9.17) is 9.52 Å². The van der Waals surface area contributed by atoms with Crippen molar-refractivity contribution < 1.29 is 8.95 Å². The smallest absolute Gasteiger partial charge is 0.0680 e. The summed E-state index contributed by atoms with van der Waals surface area (Å²) < 4.78 is 23.1. The summed E-state index contributed by atoms with van der Waals surface area (Å²) >= 11 is 0. The number of hydrogen-bond donors (Lipinski definition) is 1. The molecule has 1 heterocycles. The highest BCUT2D eigenvalue weighted by Gasteiger charge is 2.22. The van der Waals surface area contributed by atoms with Crippen molar-refractivity contribution in [3.63, 3.8) is 0 Å². The summed E-state index contributed by atoms with van der Waals surface area (Å²) in [7, 11) is -2.33. The predicted molar refractivity (Wildman–Crippen MR) is 43.3 cm³/mol. The lowest BCUT2D eigenvalue weighted by Crippen LogP contribution is -2.17. The molecule has 0 aromatic carbocycles. The van der Waals surface area contributed by atoms with Crippen LogP contribution in [-0.2, 0) is 14.5 Å². The number of halogens is 1. The van der Waals surface area contributed by atoms with E-state index >= 15 is 0 Å². The summed E-state index contributed by atoms with van der Waals surface area (Å²) in [6.07, 6.45) is 2.27. The number of ether oxygens (including phenoxy) is 1. The van der Waals surface area contributed by atoms with Gasteiger partial charge in [-0.1, -0.05) is 0 Å². The number of rotatable bonds is 1. The van der Waals surface area contributed by atoms with Crippen LogP contribution in [0.4, 0.5) is 0 Å². The second-order valence-corrected chi connectivity index (χ2v) is 4.86. The molecule has 1 aliphatic rings. The van der Waals surface area contributed by atoms with Crippen molar-refractivity contribution >= 4 is 22.1 Å². The van der Waals surface area contributed by atoms with Crippen molar-refractivity contribution in [3.8, 4) is 0 Å². The average molecular weight is 186 g/mol. The molecular weight excluding hydrogens is 174 g/mol. The molecule has 0 amide bonds. The monoisotopic (exact) mass is 185 g/mol. The molecule has 0 radical (unpaired) electrons. The molecule has 10 heavy (non-hydrogen) atoms. The molecule has 0 bridgehead atoms. The summed E-state index contributed by atoms with van der Waals surface area (Å²) in [6.45, 7) is 1.19. The molecule has 0 aromatic rings. The fourth-order valence-corrected chi connectivity index (χ4v) is 1.77. The molecule has 3 nitrogen and oxygen atoms in total. The minimum Gasteiger partial charge on any atom is -0.380 e. The first kappa shape index (κ1) is 10.2. The predicted octanol–water partition coefficient (Wildman–Crippen LogP) is 0.874. The molecule has 2 atom stereocenters. The molecule has 1 fully saturated rings. The van der Waals surface area contributed by atoms with Gasteiger partial charge in [0, 0.05) is 22.6 Å². The zero-order valence-electron chi connectivity index (χ0n) is 5.83. The van der Waals surface area contributed by atoms with E-state index < -0.39 is 9.73 Å². The summed E-state index contributed by atoms with van der Waals surface area (Å²) in [4.78, 5) is 0. The van der Waals surface area contributed by atoms with Crippen LogP contribution < -0.4 is 0 Å². The van der Waals surface area contributed by atoms with E-state index in [9.17, 15) is 4.21 Å². The van der Waals surface area contributed by atoms with Crippen LogP contribution in [0.2, 0.25) is 0 Å². The molecule has 1 N–H and O–H groups in total. The van der Waals surface area contributed by atoms with Crippen molar-refractivity contribution in [1.82, 2.24) is 0 Å². The molecule has 5 heteroatoms. The Morgan fingerprint density at radius 1 is 1.70 bits per heavy atom. The van der Waals surface area contributed by atoms with Crippen LogP contribution in [-0.4, -0.2) is 28.9 Å². The molecule has 2 unspecified atom stereocenters. The maximum atomic E-state index is 11.0. The fraction of sp³-hybridized carbons (Fsp3) is 1.00. The average Bonchev–Trinajstić information content (AvgIpc) is 2.08. The second-order valence-electron chi connectivity index (χ2n) is 2.39. The second kappa shape index (κ2) is 3.55. The lowest BCUT2D eigenvalue weighted by Gasteiger charge is -2.05. The van der Waals surface area contributed by atoms with E-state index in [0.29, 0.717) is 13.2 Å². The highest BCUT2D eigenvalue weighted by atomic mass is 35.5. The third kappa shape index (κ3) is 2.44. The first-order valence-corrected chi connectivity index (χ1v) is 4.94. The van der Waals surface area contributed by atoms with Crippen LogP contribution in [0.1, 0.15) is 6.42 Å². The van der Waals surface area contributed by atoms with Crippen LogP contribution in [0.5, 0.6) is 0 Å². The van der Waals surface area contributed by atoms with Gasteiger partial charge >= 0.3 is 0 Å². The maximum Gasteiger partial charge on any atom is 0.0680 e. The molecular formula is C5H12ClNO2S. The normalized spacial score (nSPS) is 30.7. The van der Waals surface area contributed by atoms with Crippen LogP contribution in [0, 0.1) is 4.78 Å². The molecule has 1 saturated heterocycles. The molecule has 0 aromatic heterocycles. The van der Waals surface area contributed by atoms with Crippen molar-refractivity contribution in [1.29, 1.82) is 4.78 Å².